The molecule has 72 valence electrons. The van der Waals surface area contributed by atoms with Crippen molar-refractivity contribution in [3.05, 3.63) is 0 Å². The van der Waals surface area contributed by atoms with E-state index >= 15 is 0 Å². The molecule has 3 heteroatoms. The Bertz CT molecular complexity index is 126. The van der Waals surface area contributed by atoms with Crippen molar-refractivity contribution in [1.82, 2.24) is 0 Å². The molecule has 0 aromatic rings. The number of ether oxygens (including phenoxy) is 2. The van der Waals surface area contributed by atoms with Crippen LogP contribution in [0.5, 0.6) is 0 Å². The molecule has 0 saturated carbocycles. The Balaban J connectivity index is 1.97. The largest absolute Gasteiger partial charge is 0.376 e. The van der Waals surface area contributed by atoms with Gasteiger partial charge in [-0.05, 0) is 13.3 Å². The lowest BCUT2D eigenvalue weighted by Crippen LogP contribution is -2.14. The quantitative estimate of drug-likeness (QED) is 0.453. The van der Waals surface area contributed by atoms with Crippen molar-refractivity contribution in [2.24, 2.45) is 0 Å². The fourth-order valence-corrected chi connectivity index (χ4v) is 1.90. The molecule has 3 unspecified atom stereocenters. The minimum Gasteiger partial charge on any atom is -0.376 e. The lowest BCUT2D eigenvalue weighted by Gasteiger charge is -2.15. The summed E-state index contributed by atoms with van der Waals surface area (Å²) in [6, 6.07) is 0. The molecule has 1 rings (SSSR count). The molecule has 0 spiro atoms. The van der Waals surface area contributed by atoms with Gasteiger partial charge in [0, 0.05) is 10.2 Å². The van der Waals surface area contributed by atoms with Gasteiger partial charge in [0.2, 0.25) is 0 Å². The van der Waals surface area contributed by atoms with Crippen molar-refractivity contribution in [2.45, 2.75) is 44.4 Å². The molecule has 1 aliphatic rings. The van der Waals surface area contributed by atoms with Crippen LogP contribution in [0, 0.1) is 0 Å². The van der Waals surface area contributed by atoms with Gasteiger partial charge in [-0.3, -0.25) is 0 Å². The molecule has 0 aromatic heterocycles. The third-order valence-corrected chi connectivity index (χ3v) is 3.69. The summed E-state index contributed by atoms with van der Waals surface area (Å²) in [5.41, 5.74) is 0.917. The van der Waals surface area contributed by atoms with Crippen molar-refractivity contribution in [3.63, 3.8) is 0 Å². The second kappa shape index (κ2) is 4.99. The van der Waals surface area contributed by atoms with Gasteiger partial charge in [-0.25, -0.2) is 0 Å². The van der Waals surface area contributed by atoms with Gasteiger partial charge in [-0.15, -0.1) is 0 Å². The minimum atomic E-state index is 0.418. The first-order valence-electron chi connectivity index (χ1n) is 4.95. The number of epoxide rings is 1. The van der Waals surface area contributed by atoms with E-state index in [1.54, 1.807) is 0 Å². The van der Waals surface area contributed by atoms with Crippen molar-refractivity contribution in [2.75, 3.05) is 13.2 Å². The summed E-state index contributed by atoms with van der Waals surface area (Å²) < 4.78 is 10.7. The van der Waals surface area contributed by atoms with Crippen LogP contribution in [0.25, 0.3) is 0 Å². The molecular formula is C9H20O2Si. The normalized spacial score (nSPS) is 27.0. The Morgan fingerprint density at radius 3 is 2.83 bits per heavy atom. The standard InChI is InChI=1S/C9H20O2Si/c1-3-9(12)4-7(2)10-5-8-6-11-8/h7-9H,3-6H2,1-2,12H3. The maximum Gasteiger partial charge on any atom is 0.104 e. The zero-order valence-corrected chi connectivity index (χ0v) is 10.4. The lowest BCUT2D eigenvalue weighted by molar-refractivity contribution is 0.0481. The number of hydrogen-bond donors (Lipinski definition) is 0. The molecule has 1 fully saturated rings. The first-order chi connectivity index (χ1) is 5.72. The van der Waals surface area contributed by atoms with Gasteiger partial charge in [-0.1, -0.05) is 18.9 Å². The summed E-state index contributed by atoms with van der Waals surface area (Å²) in [5, 5.41) is 0. The van der Waals surface area contributed by atoms with Gasteiger partial charge in [0.1, 0.15) is 6.10 Å². The van der Waals surface area contributed by atoms with Crippen LogP contribution < -0.4 is 0 Å². The number of rotatable bonds is 6. The van der Waals surface area contributed by atoms with E-state index in [4.69, 9.17) is 9.47 Å². The SMILES string of the molecule is CCC([SiH3])CC(C)OCC1CO1. The molecule has 3 atom stereocenters. The van der Waals surface area contributed by atoms with Gasteiger partial charge in [0.25, 0.3) is 0 Å². The van der Waals surface area contributed by atoms with Gasteiger partial charge in [-0.2, -0.15) is 0 Å². The molecule has 0 aromatic carbocycles. The third-order valence-electron chi connectivity index (χ3n) is 2.40. The van der Waals surface area contributed by atoms with Crippen molar-refractivity contribution < 1.29 is 9.47 Å². The summed E-state index contributed by atoms with van der Waals surface area (Å²) in [6.07, 6.45) is 3.38. The van der Waals surface area contributed by atoms with E-state index in [0.29, 0.717) is 12.2 Å². The molecule has 1 aliphatic heterocycles. The van der Waals surface area contributed by atoms with E-state index < -0.39 is 0 Å². The molecule has 1 heterocycles. The molecular weight excluding hydrogens is 168 g/mol. The van der Waals surface area contributed by atoms with Gasteiger partial charge >= 0.3 is 0 Å². The van der Waals surface area contributed by atoms with E-state index in [-0.39, 0.29) is 0 Å². The Kier molecular flexibility index (Phi) is 4.25. The highest BCUT2D eigenvalue weighted by Gasteiger charge is 2.23. The smallest absolute Gasteiger partial charge is 0.104 e. The van der Waals surface area contributed by atoms with E-state index in [1.807, 2.05) is 0 Å². The van der Waals surface area contributed by atoms with Crippen molar-refractivity contribution in [1.29, 1.82) is 0 Å². The molecule has 0 radical (unpaired) electrons. The highest BCUT2D eigenvalue weighted by Crippen LogP contribution is 2.17. The van der Waals surface area contributed by atoms with Crippen LogP contribution in [-0.2, 0) is 9.47 Å². The molecule has 2 nitrogen and oxygen atoms in total. The molecule has 0 bridgehead atoms. The minimum absolute atomic E-state index is 0.418. The molecule has 0 N–H and O–H groups in total. The fourth-order valence-electron chi connectivity index (χ4n) is 1.24. The molecule has 0 amide bonds. The second-order valence-corrected chi connectivity index (χ2v) is 5.48. The first kappa shape index (κ1) is 10.2. The Hall–Kier alpha value is 0.137. The number of hydrogen-bond acceptors (Lipinski definition) is 2. The van der Waals surface area contributed by atoms with Crippen LogP contribution in [0.4, 0.5) is 0 Å². The van der Waals surface area contributed by atoms with Gasteiger partial charge in [0.05, 0.1) is 19.3 Å². The van der Waals surface area contributed by atoms with Crippen molar-refractivity contribution in [3.8, 4) is 0 Å². The maximum absolute atomic E-state index is 5.64. The van der Waals surface area contributed by atoms with E-state index in [2.05, 4.69) is 13.8 Å². The summed E-state index contributed by atoms with van der Waals surface area (Å²) in [7, 11) is 1.30. The maximum atomic E-state index is 5.64. The average Bonchev–Trinajstić information content (AvgIpc) is 2.83. The topological polar surface area (TPSA) is 21.8 Å². The average molecular weight is 188 g/mol. The highest BCUT2D eigenvalue weighted by atomic mass is 28.1. The predicted octanol–water partition coefficient (Wildman–Crippen LogP) is 0.744. The third kappa shape index (κ3) is 4.23. The van der Waals surface area contributed by atoms with Crippen LogP contribution >= 0.6 is 0 Å². The first-order valence-corrected chi connectivity index (χ1v) is 6.11. The Labute approximate surface area is 78.1 Å². The van der Waals surface area contributed by atoms with Crippen LogP contribution in [0.3, 0.4) is 0 Å². The van der Waals surface area contributed by atoms with Crippen LogP contribution in [0.15, 0.2) is 0 Å². The van der Waals surface area contributed by atoms with Crippen LogP contribution in [-0.4, -0.2) is 35.7 Å². The van der Waals surface area contributed by atoms with Crippen molar-refractivity contribution >= 4 is 10.2 Å². The second-order valence-electron chi connectivity index (χ2n) is 3.85. The zero-order chi connectivity index (χ0) is 8.97. The summed E-state index contributed by atoms with van der Waals surface area (Å²) in [6.45, 7) is 6.14. The van der Waals surface area contributed by atoms with Gasteiger partial charge in [0.15, 0.2) is 0 Å². The zero-order valence-electron chi connectivity index (χ0n) is 8.38. The Morgan fingerprint density at radius 1 is 1.67 bits per heavy atom. The van der Waals surface area contributed by atoms with Crippen LogP contribution in [0.2, 0.25) is 5.54 Å². The predicted molar refractivity (Wildman–Crippen MR) is 53.8 cm³/mol. The van der Waals surface area contributed by atoms with Gasteiger partial charge < -0.3 is 9.47 Å². The highest BCUT2D eigenvalue weighted by molar-refractivity contribution is 6.11. The molecule has 12 heavy (non-hydrogen) atoms. The monoisotopic (exact) mass is 188 g/mol. The van der Waals surface area contributed by atoms with E-state index in [1.165, 1.54) is 23.1 Å². The fraction of sp³-hybridized carbons (Fsp3) is 1.00. The summed E-state index contributed by atoms with van der Waals surface area (Å²) >= 11 is 0. The van der Waals surface area contributed by atoms with E-state index in [0.717, 1.165) is 18.8 Å². The summed E-state index contributed by atoms with van der Waals surface area (Å²) in [4.78, 5) is 0. The molecule has 0 aliphatic carbocycles. The lowest BCUT2D eigenvalue weighted by atomic mass is 10.2. The Morgan fingerprint density at radius 2 is 2.33 bits per heavy atom. The van der Waals surface area contributed by atoms with Crippen LogP contribution in [0.1, 0.15) is 26.7 Å². The van der Waals surface area contributed by atoms with E-state index in [9.17, 15) is 0 Å². The molecule has 1 saturated heterocycles. The summed E-state index contributed by atoms with van der Waals surface area (Å²) in [5.74, 6) is 0.